The van der Waals surface area contributed by atoms with Crippen LogP contribution in [0.2, 0.25) is 0 Å². The van der Waals surface area contributed by atoms with Crippen LogP contribution >= 0.6 is 11.6 Å². The second-order valence-electron chi connectivity index (χ2n) is 3.57. The molecule has 1 rings (SSSR count). The van der Waals surface area contributed by atoms with E-state index in [0.717, 1.165) is 18.4 Å². The first-order chi connectivity index (χ1) is 6.91. The van der Waals surface area contributed by atoms with E-state index in [1.54, 1.807) is 4.57 Å². The zero-order chi connectivity index (χ0) is 11.6. The van der Waals surface area contributed by atoms with Gasteiger partial charge in [-0.25, -0.2) is 13.4 Å². The Morgan fingerprint density at radius 2 is 2.20 bits per heavy atom. The predicted octanol–water partition coefficient (Wildman–Crippen LogP) is 2.00. The van der Waals surface area contributed by atoms with Crippen LogP contribution in [0.1, 0.15) is 32.0 Å². The van der Waals surface area contributed by atoms with Crippen LogP contribution in [-0.4, -0.2) is 24.2 Å². The minimum Gasteiger partial charge on any atom is -0.315 e. The molecule has 15 heavy (non-hydrogen) atoms. The van der Waals surface area contributed by atoms with Gasteiger partial charge in [0.15, 0.2) is 0 Å². The summed E-state index contributed by atoms with van der Waals surface area (Å²) in [5.74, 6) is 0.271. The summed E-state index contributed by atoms with van der Waals surface area (Å²) in [5, 5.41) is 0.104. The Morgan fingerprint density at radius 1 is 1.60 bits per heavy atom. The average Bonchev–Trinajstić information content (AvgIpc) is 2.59. The number of sulfone groups is 1. The zero-order valence-corrected chi connectivity index (χ0v) is 10.6. The summed E-state index contributed by atoms with van der Waals surface area (Å²) < 4.78 is 24.7. The highest BCUT2D eigenvalue weighted by molar-refractivity contribution is 7.90. The van der Waals surface area contributed by atoms with Gasteiger partial charge >= 0.3 is 0 Å². The molecule has 1 aromatic rings. The van der Waals surface area contributed by atoms with E-state index in [4.69, 9.17) is 11.6 Å². The lowest BCUT2D eigenvalue weighted by molar-refractivity contribution is 0.469. The molecule has 6 heteroatoms. The Hall–Kier alpha value is -0.550. The fourth-order valence-corrected chi connectivity index (χ4v) is 2.50. The maximum atomic E-state index is 11.5. The van der Waals surface area contributed by atoms with Crippen molar-refractivity contribution in [2.24, 2.45) is 0 Å². The van der Waals surface area contributed by atoms with Crippen LogP contribution in [0.4, 0.5) is 0 Å². The van der Waals surface area contributed by atoms with Gasteiger partial charge in [-0.1, -0.05) is 6.92 Å². The third-order valence-electron chi connectivity index (χ3n) is 2.34. The van der Waals surface area contributed by atoms with E-state index in [-0.39, 0.29) is 17.1 Å². The first-order valence-electron chi connectivity index (χ1n) is 4.74. The summed E-state index contributed by atoms with van der Waals surface area (Å²) in [6.45, 7) is 3.95. The third-order valence-corrected chi connectivity index (χ3v) is 3.58. The number of alkyl halides is 1. The van der Waals surface area contributed by atoms with Crippen molar-refractivity contribution in [3.8, 4) is 0 Å². The first kappa shape index (κ1) is 12.5. The van der Waals surface area contributed by atoms with Gasteiger partial charge in [0.25, 0.3) is 0 Å². The van der Waals surface area contributed by atoms with Gasteiger partial charge in [-0.3, -0.25) is 0 Å². The molecule has 0 N–H and O–H groups in total. The average molecular weight is 251 g/mol. The van der Waals surface area contributed by atoms with E-state index >= 15 is 0 Å². The number of imidazole rings is 1. The number of hydrogen-bond donors (Lipinski definition) is 0. The zero-order valence-electron chi connectivity index (χ0n) is 9.07. The molecule has 0 saturated carbocycles. The number of aromatic nitrogens is 2. The quantitative estimate of drug-likeness (QED) is 0.768. The minimum atomic E-state index is -3.28. The highest BCUT2D eigenvalue weighted by Crippen LogP contribution is 2.21. The van der Waals surface area contributed by atoms with Crippen LogP contribution in [0.5, 0.6) is 0 Å². The molecule has 1 aromatic heterocycles. The van der Waals surface area contributed by atoms with Crippen LogP contribution in [0.15, 0.2) is 11.4 Å². The molecular formula is C9H15ClN2O2S. The Balaban J connectivity index is 3.36. The maximum Gasteiger partial charge on any atom is 0.227 e. The molecule has 0 bridgehead atoms. The summed E-state index contributed by atoms with van der Waals surface area (Å²) in [4.78, 5) is 3.92. The van der Waals surface area contributed by atoms with Crippen LogP contribution in [0.25, 0.3) is 0 Å². The third kappa shape index (κ3) is 2.52. The lowest BCUT2D eigenvalue weighted by Crippen LogP contribution is -2.14. The van der Waals surface area contributed by atoms with Gasteiger partial charge in [-0.15, -0.1) is 11.6 Å². The molecule has 0 radical (unpaired) electrons. The molecular weight excluding hydrogens is 236 g/mol. The first-order valence-corrected chi connectivity index (χ1v) is 7.16. The van der Waals surface area contributed by atoms with E-state index in [9.17, 15) is 8.42 Å². The second kappa shape index (κ2) is 4.53. The minimum absolute atomic E-state index is 0.0889. The Kier molecular flexibility index (Phi) is 3.78. The molecule has 0 fully saturated rings. The van der Waals surface area contributed by atoms with Crippen molar-refractivity contribution >= 4 is 21.4 Å². The summed E-state index contributed by atoms with van der Waals surface area (Å²) in [7, 11) is -3.28. The van der Waals surface area contributed by atoms with Crippen molar-refractivity contribution < 1.29 is 8.42 Å². The standard InChI is InChI=1S/C9H15ClN2O2S/c1-4-7(2)12-8(5-10)6-11-9(12)15(3,13)14/h6-7H,4-5H2,1-3H3/t7-/m1/s1. The maximum absolute atomic E-state index is 11.5. The van der Waals surface area contributed by atoms with Gasteiger partial charge < -0.3 is 4.57 Å². The van der Waals surface area contributed by atoms with Gasteiger partial charge in [0.1, 0.15) is 0 Å². The number of hydrogen-bond acceptors (Lipinski definition) is 3. The normalized spacial score (nSPS) is 14.1. The van der Waals surface area contributed by atoms with Crippen LogP contribution < -0.4 is 0 Å². The van der Waals surface area contributed by atoms with Gasteiger partial charge in [-0.2, -0.15) is 0 Å². The van der Waals surface area contributed by atoms with E-state index in [2.05, 4.69) is 4.98 Å². The molecule has 0 unspecified atom stereocenters. The number of nitrogens with zero attached hydrogens (tertiary/aromatic N) is 2. The summed E-state index contributed by atoms with van der Waals surface area (Å²) in [5.41, 5.74) is 0.742. The van der Waals surface area contributed by atoms with Gasteiger partial charge in [0, 0.05) is 12.3 Å². The van der Waals surface area contributed by atoms with E-state index < -0.39 is 9.84 Å². The highest BCUT2D eigenvalue weighted by Gasteiger charge is 2.20. The topological polar surface area (TPSA) is 52.0 Å². The van der Waals surface area contributed by atoms with Gasteiger partial charge in [0.2, 0.25) is 15.0 Å². The lowest BCUT2D eigenvalue weighted by Gasteiger charge is -2.16. The molecule has 0 aliphatic heterocycles. The molecule has 1 atom stereocenters. The van der Waals surface area contributed by atoms with Crippen molar-refractivity contribution in [1.29, 1.82) is 0 Å². The lowest BCUT2D eigenvalue weighted by atomic mass is 10.2. The number of rotatable bonds is 4. The van der Waals surface area contributed by atoms with Crippen molar-refractivity contribution in [3.63, 3.8) is 0 Å². The number of halogens is 1. The van der Waals surface area contributed by atoms with E-state index in [0.29, 0.717) is 0 Å². The molecule has 4 nitrogen and oxygen atoms in total. The predicted molar refractivity (Wildman–Crippen MR) is 59.9 cm³/mol. The fourth-order valence-electron chi connectivity index (χ4n) is 1.40. The van der Waals surface area contributed by atoms with Gasteiger partial charge in [0.05, 0.1) is 17.8 Å². The van der Waals surface area contributed by atoms with Crippen LogP contribution in [0, 0.1) is 0 Å². The molecule has 0 spiro atoms. The van der Waals surface area contributed by atoms with Crippen LogP contribution in [-0.2, 0) is 15.7 Å². The van der Waals surface area contributed by atoms with Crippen molar-refractivity contribution in [3.05, 3.63) is 11.9 Å². The molecule has 86 valence electrons. The van der Waals surface area contributed by atoms with Crippen molar-refractivity contribution in [1.82, 2.24) is 9.55 Å². The molecule has 1 heterocycles. The summed E-state index contributed by atoms with van der Waals surface area (Å²) >= 11 is 5.74. The molecule has 0 aliphatic carbocycles. The Bertz CT molecular complexity index is 439. The largest absolute Gasteiger partial charge is 0.315 e. The molecule has 0 amide bonds. The van der Waals surface area contributed by atoms with Crippen molar-refractivity contribution in [2.75, 3.05) is 6.26 Å². The second-order valence-corrected chi connectivity index (χ2v) is 5.74. The fraction of sp³-hybridized carbons (Fsp3) is 0.667. The summed E-state index contributed by atoms with van der Waals surface area (Å²) in [6, 6.07) is 0.0889. The summed E-state index contributed by atoms with van der Waals surface area (Å²) in [6.07, 6.45) is 3.52. The monoisotopic (exact) mass is 250 g/mol. The smallest absolute Gasteiger partial charge is 0.227 e. The van der Waals surface area contributed by atoms with Crippen LogP contribution in [0.3, 0.4) is 0 Å². The SMILES string of the molecule is CC[C@@H](C)n1c(CCl)cnc1S(C)(=O)=O. The van der Waals surface area contributed by atoms with Gasteiger partial charge in [-0.05, 0) is 13.3 Å². The Labute approximate surface area is 95.2 Å². The highest BCUT2D eigenvalue weighted by atomic mass is 35.5. The molecule has 0 aromatic carbocycles. The molecule has 0 saturated heterocycles. The van der Waals surface area contributed by atoms with Crippen molar-refractivity contribution in [2.45, 2.75) is 37.3 Å². The van der Waals surface area contributed by atoms with E-state index in [1.165, 1.54) is 6.20 Å². The van der Waals surface area contributed by atoms with E-state index in [1.807, 2.05) is 13.8 Å². The Morgan fingerprint density at radius 3 is 2.60 bits per heavy atom. The molecule has 0 aliphatic rings.